The fraction of sp³-hybridized carbons (Fsp3) is 0.273. The van der Waals surface area contributed by atoms with E-state index in [1.165, 1.54) is 0 Å². The van der Waals surface area contributed by atoms with Crippen LogP contribution in [-0.4, -0.2) is 18.4 Å². The molecule has 2 aromatic carbocycles. The highest BCUT2D eigenvalue weighted by Crippen LogP contribution is 2.42. The molecule has 0 bridgehead atoms. The molecule has 0 aliphatic heterocycles. The monoisotopic (exact) mass is 348 g/mol. The Morgan fingerprint density at radius 1 is 0.962 bits per heavy atom. The van der Waals surface area contributed by atoms with Crippen LogP contribution < -0.4 is 0 Å². The third-order valence-corrected chi connectivity index (χ3v) is 5.21. The van der Waals surface area contributed by atoms with Gasteiger partial charge >= 0.3 is 5.97 Å². The van der Waals surface area contributed by atoms with E-state index in [0.29, 0.717) is 5.58 Å². The molecule has 4 rings (SSSR count). The van der Waals surface area contributed by atoms with E-state index >= 15 is 0 Å². The predicted molar refractivity (Wildman–Crippen MR) is 98.1 cm³/mol. The number of carbonyl (C=O) groups is 2. The number of hydrogen-bond acceptors (Lipinski definition) is 4. The number of fused-ring (bicyclic) bond motifs is 1. The Morgan fingerprint density at radius 3 is 2.38 bits per heavy atom. The molecule has 0 atom stereocenters. The lowest BCUT2D eigenvalue weighted by molar-refractivity contribution is -0.149. The summed E-state index contributed by atoms with van der Waals surface area (Å²) in [5, 5.41) is 0.860. The second-order valence-corrected chi connectivity index (χ2v) is 6.80. The van der Waals surface area contributed by atoms with Crippen molar-refractivity contribution in [2.75, 3.05) is 6.61 Å². The van der Waals surface area contributed by atoms with E-state index in [2.05, 4.69) is 0 Å². The lowest BCUT2D eigenvalue weighted by atomic mass is 9.79. The Morgan fingerprint density at radius 2 is 1.65 bits per heavy atom. The van der Waals surface area contributed by atoms with Crippen LogP contribution in [-0.2, 0) is 14.9 Å². The molecule has 0 amide bonds. The van der Waals surface area contributed by atoms with Gasteiger partial charge in [0.2, 0.25) is 5.78 Å². The largest absolute Gasteiger partial charge is 0.456 e. The fourth-order valence-corrected chi connectivity index (χ4v) is 3.81. The van der Waals surface area contributed by atoms with Gasteiger partial charge < -0.3 is 9.15 Å². The second kappa shape index (κ2) is 6.79. The van der Waals surface area contributed by atoms with Gasteiger partial charge in [0.1, 0.15) is 5.58 Å². The number of esters is 1. The molecule has 4 heteroatoms. The summed E-state index contributed by atoms with van der Waals surface area (Å²) in [6.45, 7) is -0.298. The molecule has 1 heterocycles. The summed E-state index contributed by atoms with van der Waals surface area (Å²) in [7, 11) is 0. The second-order valence-electron chi connectivity index (χ2n) is 6.80. The van der Waals surface area contributed by atoms with Crippen LogP contribution in [0.25, 0.3) is 11.0 Å². The molecule has 0 saturated heterocycles. The van der Waals surface area contributed by atoms with Crippen molar-refractivity contribution in [2.45, 2.75) is 31.1 Å². The molecular formula is C22H20O4. The van der Waals surface area contributed by atoms with Crippen molar-refractivity contribution in [1.29, 1.82) is 0 Å². The maximum atomic E-state index is 12.9. The van der Waals surface area contributed by atoms with Crippen molar-refractivity contribution in [1.82, 2.24) is 0 Å². The molecule has 1 aliphatic rings. The van der Waals surface area contributed by atoms with Crippen LogP contribution in [0.4, 0.5) is 0 Å². The van der Waals surface area contributed by atoms with Crippen LogP contribution in [0.5, 0.6) is 0 Å². The van der Waals surface area contributed by atoms with Crippen molar-refractivity contribution in [3.05, 3.63) is 72.0 Å². The first kappa shape index (κ1) is 16.6. The van der Waals surface area contributed by atoms with Crippen molar-refractivity contribution < 1.29 is 18.7 Å². The Labute approximate surface area is 151 Å². The van der Waals surface area contributed by atoms with Crippen LogP contribution in [0.2, 0.25) is 0 Å². The molecule has 0 spiro atoms. The number of ketones is 1. The van der Waals surface area contributed by atoms with Gasteiger partial charge in [0, 0.05) is 5.39 Å². The van der Waals surface area contributed by atoms with Gasteiger partial charge in [-0.2, -0.15) is 0 Å². The quantitative estimate of drug-likeness (QED) is 0.497. The molecule has 0 radical (unpaired) electrons. The topological polar surface area (TPSA) is 56.5 Å². The maximum Gasteiger partial charge on any atom is 0.317 e. The van der Waals surface area contributed by atoms with Gasteiger partial charge in [0.15, 0.2) is 12.4 Å². The van der Waals surface area contributed by atoms with Gasteiger partial charge in [0.05, 0.1) is 5.41 Å². The summed E-state index contributed by atoms with van der Waals surface area (Å²) < 4.78 is 11.0. The molecule has 132 valence electrons. The number of hydrogen-bond donors (Lipinski definition) is 0. The number of furan rings is 1. The van der Waals surface area contributed by atoms with Crippen LogP contribution >= 0.6 is 0 Å². The minimum Gasteiger partial charge on any atom is -0.456 e. The molecule has 0 unspecified atom stereocenters. The third-order valence-electron chi connectivity index (χ3n) is 5.21. The number of rotatable bonds is 5. The van der Waals surface area contributed by atoms with E-state index in [4.69, 9.17) is 9.15 Å². The van der Waals surface area contributed by atoms with Crippen LogP contribution in [0.15, 0.2) is 65.1 Å². The van der Waals surface area contributed by atoms with Gasteiger partial charge in [-0.25, -0.2) is 0 Å². The molecule has 26 heavy (non-hydrogen) atoms. The first-order valence-electron chi connectivity index (χ1n) is 8.94. The highest BCUT2D eigenvalue weighted by atomic mass is 16.5. The zero-order chi connectivity index (χ0) is 18.0. The Bertz CT molecular complexity index is 900. The lowest BCUT2D eigenvalue weighted by Gasteiger charge is -2.27. The minimum atomic E-state index is -0.630. The van der Waals surface area contributed by atoms with Gasteiger partial charge in [0.25, 0.3) is 0 Å². The van der Waals surface area contributed by atoms with Crippen molar-refractivity contribution in [2.24, 2.45) is 0 Å². The zero-order valence-corrected chi connectivity index (χ0v) is 14.4. The van der Waals surface area contributed by atoms with E-state index in [1.807, 2.05) is 48.5 Å². The van der Waals surface area contributed by atoms with Crippen molar-refractivity contribution in [3.63, 3.8) is 0 Å². The number of Topliss-reactive ketones (excluding diaryl/α,β-unsaturated/α-hetero) is 1. The molecule has 1 fully saturated rings. The molecule has 3 aromatic rings. The van der Waals surface area contributed by atoms with Gasteiger partial charge in [-0.1, -0.05) is 61.4 Å². The van der Waals surface area contributed by atoms with E-state index in [0.717, 1.165) is 36.6 Å². The van der Waals surface area contributed by atoms with Crippen LogP contribution in [0.3, 0.4) is 0 Å². The molecule has 1 aliphatic carbocycles. The van der Waals surface area contributed by atoms with Gasteiger partial charge in [-0.15, -0.1) is 0 Å². The lowest BCUT2D eigenvalue weighted by Crippen LogP contribution is -2.35. The molecule has 1 saturated carbocycles. The summed E-state index contributed by atoms with van der Waals surface area (Å²) in [6, 6.07) is 18.8. The Hall–Kier alpha value is -2.88. The van der Waals surface area contributed by atoms with E-state index in [1.54, 1.807) is 12.1 Å². The summed E-state index contributed by atoms with van der Waals surface area (Å²) in [5.74, 6) is -0.416. The van der Waals surface area contributed by atoms with Crippen molar-refractivity contribution >= 4 is 22.7 Å². The summed E-state index contributed by atoms with van der Waals surface area (Å²) in [6.07, 6.45) is 3.49. The number of benzene rings is 2. The maximum absolute atomic E-state index is 12.9. The molecule has 1 aromatic heterocycles. The highest BCUT2D eigenvalue weighted by molar-refractivity contribution is 5.99. The molecule has 4 nitrogen and oxygen atoms in total. The predicted octanol–water partition coefficient (Wildman–Crippen LogP) is 4.67. The number of carbonyl (C=O) groups excluding carboxylic acids is 2. The van der Waals surface area contributed by atoms with Crippen molar-refractivity contribution in [3.8, 4) is 0 Å². The number of ether oxygens (including phenoxy) is 1. The highest BCUT2D eigenvalue weighted by Gasteiger charge is 2.44. The molecule has 0 N–H and O–H groups in total. The Kier molecular flexibility index (Phi) is 4.33. The fourth-order valence-electron chi connectivity index (χ4n) is 3.81. The first-order chi connectivity index (χ1) is 12.7. The zero-order valence-electron chi connectivity index (χ0n) is 14.4. The smallest absolute Gasteiger partial charge is 0.317 e. The SMILES string of the molecule is O=C(COC(=O)C1(c2ccccc2)CCCC1)c1cc2ccccc2o1. The van der Waals surface area contributed by atoms with Gasteiger partial charge in [-0.3, -0.25) is 9.59 Å². The third kappa shape index (κ3) is 2.92. The standard InChI is InChI=1S/C22H20O4/c23-18(20-14-16-8-4-5-11-19(16)26-20)15-25-21(24)22(12-6-7-13-22)17-9-2-1-3-10-17/h1-5,8-11,14H,6-7,12-13,15H2. The minimum absolute atomic E-state index is 0.221. The normalized spacial score (nSPS) is 15.8. The van der Waals surface area contributed by atoms with E-state index < -0.39 is 5.41 Å². The van der Waals surface area contributed by atoms with Crippen LogP contribution in [0.1, 0.15) is 41.8 Å². The summed E-state index contributed by atoms with van der Waals surface area (Å²) in [4.78, 5) is 25.3. The summed E-state index contributed by atoms with van der Waals surface area (Å²) >= 11 is 0. The summed E-state index contributed by atoms with van der Waals surface area (Å²) in [5.41, 5.74) is 0.993. The average molecular weight is 348 g/mol. The van der Waals surface area contributed by atoms with E-state index in [9.17, 15) is 9.59 Å². The molecular weight excluding hydrogens is 328 g/mol. The average Bonchev–Trinajstić information content (AvgIpc) is 3.34. The number of para-hydroxylation sites is 1. The Balaban J connectivity index is 1.49. The van der Waals surface area contributed by atoms with Gasteiger partial charge in [-0.05, 0) is 30.5 Å². The van der Waals surface area contributed by atoms with E-state index in [-0.39, 0.29) is 24.1 Å². The first-order valence-corrected chi connectivity index (χ1v) is 8.94. The van der Waals surface area contributed by atoms with Crippen LogP contribution in [0, 0.1) is 0 Å².